The molecule has 226 valence electrons. The molecule has 6 rings (SSSR count). The Morgan fingerprint density at radius 1 is 1.05 bits per heavy atom. The van der Waals surface area contributed by atoms with Gasteiger partial charge in [-0.15, -0.1) is 23.7 Å². The number of aromatic nitrogens is 2. The van der Waals surface area contributed by atoms with Crippen molar-refractivity contribution in [3.05, 3.63) is 101 Å². The molecule has 0 aliphatic rings. The van der Waals surface area contributed by atoms with Crippen LogP contribution in [0.1, 0.15) is 17.2 Å². The number of nitrogens with zero attached hydrogens (tertiary/aromatic N) is 2. The number of hydrogen-bond donors (Lipinski definition) is 2. The molecule has 13 heteroatoms. The second-order valence-electron chi connectivity index (χ2n) is 9.77. The molecule has 0 spiro atoms. The maximum Gasteiger partial charge on any atom is 0.429 e. The van der Waals surface area contributed by atoms with Crippen LogP contribution in [-0.2, 0) is 11.2 Å². The highest BCUT2D eigenvalue weighted by molar-refractivity contribution is 7.18. The number of rotatable bonds is 8. The van der Waals surface area contributed by atoms with Gasteiger partial charge in [-0.1, -0.05) is 60.1 Å². The summed E-state index contributed by atoms with van der Waals surface area (Å²) in [6.45, 7) is 0. The lowest BCUT2D eigenvalue weighted by Crippen LogP contribution is -2.32. The van der Waals surface area contributed by atoms with E-state index < -0.39 is 24.3 Å². The SMILES string of the molecule is Cl.NC(Cc1ccc(-c2csc3c(OC(c4ccc(Cl)cc4-c4coc5ccccc45)C(F)(F)F)ncnc23)cc1)C(=O)O. The molecule has 3 aromatic carbocycles. The zero-order valence-electron chi connectivity index (χ0n) is 22.4. The Morgan fingerprint density at radius 3 is 2.52 bits per heavy atom. The third-order valence-electron chi connectivity index (χ3n) is 6.95. The minimum absolute atomic E-state index is 0. The molecule has 0 aliphatic heterocycles. The number of fused-ring (bicyclic) bond motifs is 2. The second kappa shape index (κ2) is 12.4. The molecule has 6 aromatic rings. The van der Waals surface area contributed by atoms with Crippen molar-refractivity contribution in [3.8, 4) is 28.1 Å². The van der Waals surface area contributed by atoms with Gasteiger partial charge in [0, 0.05) is 32.5 Å². The van der Waals surface area contributed by atoms with E-state index >= 15 is 0 Å². The Balaban J connectivity index is 0.00000384. The van der Waals surface area contributed by atoms with Crippen molar-refractivity contribution < 1.29 is 32.2 Å². The molecule has 0 radical (unpaired) electrons. The number of nitrogens with two attached hydrogens (primary N) is 1. The molecule has 2 atom stereocenters. The first-order valence-electron chi connectivity index (χ1n) is 12.9. The first-order chi connectivity index (χ1) is 20.6. The number of aliphatic carboxylic acids is 1. The molecular weight excluding hydrogens is 638 g/mol. The fraction of sp³-hybridized carbons (Fsp3) is 0.129. The number of alkyl halides is 3. The first kappa shape index (κ1) is 31.3. The molecule has 3 N–H and O–H groups in total. The lowest BCUT2D eigenvalue weighted by atomic mass is 9.95. The Labute approximate surface area is 263 Å². The van der Waals surface area contributed by atoms with Gasteiger partial charge >= 0.3 is 12.1 Å². The van der Waals surface area contributed by atoms with Crippen molar-refractivity contribution in [2.45, 2.75) is 24.7 Å². The number of carbonyl (C=O) groups is 1. The average Bonchev–Trinajstić information content (AvgIpc) is 3.61. The van der Waals surface area contributed by atoms with Crippen molar-refractivity contribution in [1.29, 1.82) is 0 Å². The number of ether oxygens (including phenoxy) is 1. The Hall–Kier alpha value is -4.16. The third-order valence-corrected chi connectivity index (χ3v) is 8.15. The number of benzene rings is 3. The maximum atomic E-state index is 14.7. The monoisotopic (exact) mass is 659 g/mol. The highest BCUT2D eigenvalue weighted by Crippen LogP contribution is 2.45. The molecule has 0 saturated heterocycles. The number of furan rings is 1. The molecule has 0 aliphatic carbocycles. The second-order valence-corrected chi connectivity index (χ2v) is 11.1. The van der Waals surface area contributed by atoms with Gasteiger partial charge in [0.25, 0.3) is 0 Å². The topological polar surface area (TPSA) is 111 Å². The van der Waals surface area contributed by atoms with Crippen LogP contribution < -0.4 is 10.5 Å². The van der Waals surface area contributed by atoms with E-state index in [2.05, 4.69) is 9.97 Å². The van der Waals surface area contributed by atoms with Gasteiger partial charge in [0.05, 0.1) is 11.8 Å². The van der Waals surface area contributed by atoms with Gasteiger partial charge in [-0.25, -0.2) is 9.97 Å². The maximum absolute atomic E-state index is 14.7. The molecule has 0 amide bonds. The number of halogens is 5. The quantitative estimate of drug-likeness (QED) is 0.168. The van der Waals surface area contributed by atoms with Crippen LogP contribution in [0, 0.1) is 0 Å². The molecule has 0 saturated carbocycles. The summed E-state index contributed by atoms with van der Waals surface area (Å²) in [4.78, 5) is 19.5. The molecule has 3 aromatic heterocycles. The Kier molecular flexibility index (Phi) is 8.85. The molecule has 7 nitrogen and oxygen atoms in total. The summed E-state index contributed by atoms with van der Waals surface area (Å²) < 4.78 is 55.8. The van der Waals surface area contributed by atoms with Crippen molar-refractivity contribution in [2.24, 2.45) is 5.73 Å². The van der Waals surface area contributed by atoms with E-state index in [1.807, 2.05) is 0 Å². The van der Waals surface area contributed by atoms with Crippen LogP contribution in [0.15, 0.2) is 89.1 Å². The van der Waals surface area contributed by atoms with Crippen LogP contribution in [0.3, 0.4) is 0 Å². The molecule has 0 bridgehead atoms. The first-order valence-corrected chi connectivity index (χ1v) is 14.1. The predicted octanol–water partition coefficient (Wildman–Crippen LogP) is 8.48. The van der Waals surface area contributed by atoms with E-state index in [1.165, 1.54) is 24.5 Å². The average molecular weight is 661 g/mol. The van der Waals surface area contributed by atoms with E-state index in [9.17, 15) is 18.0 Å². The van der Waals surface area contributed by atoms with Crippen LogP contribution in [0.25, 0.3) is 43.4 Å². The summed E-state index contributed by atoms with van der Waals surface area (Å²) in [7, 11) is 0. The van der Waals surface area contributed by atoms with E-state index in [-0.39, 0.29) is 40.9 Å². The normalized spacial score (nSPS) is 13.0. The summed E-state index contributed by atoms with van der Waals surface area (Å²) >= 11 is 7.40. The van der Waals surface area contributed by atoms with Crippen LogP contribution in [0.2, 0.25) is 5.02 Å². The number of carboxylic acid groups (broad SMARTS) is 1. The number of para-hydroxylation sites is 1. The summed E-state index contributed by atoms with van der Waals surface area (Å²) in [6, 6.07) is 17.2. The van der Waals surface area contributed by atoms with Crippen LogP contribution in [-0.4, -0.2) is 33.3 Å². The summed E-state index contributed by atoms with van der Waals surface area (Å²) in [5.74, 6) is -1.32. The van der Waals surface area contributed by atoms with E-state index in [1.54, 1.807) is 53.9 Å². The van der Waals surface area contributed by atoms with Crippen LogP contribution >= 0.6 is 35.3 Å². The molecule has 0 fully saturated rings. The van der Waals surface area contributed by atoms with E-state index in [0.717, 1.165) is 28.8 Å². The lowest BCUT2D eigenvalue weighted by molar-refractivity contribution is -0.198. The zero-order valence-corrected chi connectivity index (χ0v) is 24.8. The Morgan fingerprint density at radius 2 is 1.80 bits per heavy atom. The van der Waals surface area contributed by atoms with E-state index in [4.69, 9.17) is 31.6 Å². The van der Waals surface area contributed by atoms with Crippen LogP contribution in [0.5, 0.6) is 5.88 Å². The Bertz CT molecular complexity index is 1960. The summed E-state index contributed by atoms with van der Waals surface area (Å²) in [5.41, 5.74) is 9.23. The highest BCUT2D eigenvalue weighted by Gasteiger charge is 2.45. The molecule has 44 heavy (non-hydrogen) atoms. The van der Waals surface area contributed by atoms with Crippen molar-refractivity contribution >= 4 is 62.5 Å². The third kappa shape index (κ3) is 6.09. The fourth-order valence-electron chi connectivity index (χ4n) is 4.87. The predicted molar refractivity (Wildman–Crippen MR) is 165 cm³/mol. The largest absolute Gasteiger partial charge is 0.480 e. The lowest BCUT2D eigenvalue weighted by Gasteiger charge is -2.24. The van der Waals surface area contributed by atoms with Gasteiger partial charge in [-0.3, -0.25) is 4.79 Å². The van der Waals surface area contributed by atoms with Crippen LogP contribution in [0.4, 0.5) is 13.2 Å². The summed E-state index contributed by atoms with van der Waals surface area (Å²) in [5, 5.41) is 11.7. The van der Waals surface area contributed by atoms with Crippen molar-refractivity contribution in [2.75, 3.05) is 0 Å². The molecule has 2 unspecified atom stereocenters. The highest BCUT2D eigenvalue weighted by atomic mass is 35.5. The van der Waals surface area contributed by atoms with Gasteiger partial charge in [0.1, 0.15) is 22.7 Å². The minimum atomic E-state index is -4.81. The fourth-order valence-corrected chi connectivity index (χ4v) is 6.01. The van der Waals surface area contributed by atoms with Gasteiger partial charge < -0.3 is 20.0 Å². The standard InChI is InChI=1S/C31H21ClF3N3O4S.ClH/c32-18-9-10-20(21(12-18)22-13-41-25-4-2-1-3-19(22)25)28(31(33,34)35)42-29-27-26(37-15-38-29)23(14-43-27)17-7-5-16(6-8-17)11-24(36)30(39)40;/h1-10,12-15,24,28H,11,36H2,(H,39,40);1H. The van der Waals surface area contributed by atoms with Crippen molar-refractivity contribution in [1.82, 2.24) is 9.97 Å². The molecule has 3 heterocycles. The van der Waals surface area contributed by atoms with Crippen molar-refractivity contribution in [3.63, 3.8) is 0 Å². The number of carboxylic acids is 1. The van der Waals surface area contributed by atoms with Gasteiger partial charge in [0.15, 0.2) is 0 Å². The smallest absolute Gasteiger partial charge is 0.429 e. The number of thiophene rings is 1. The minimum Gasteiger partial charge on any atom is -0.480 e. The van der Waals surface area contributed by atoms with Gasteiger partial charge in [0.2, 0.25) is 12.0 Å². The van der Waals surface area contributed by atoms with Gasteiger partial charge in [-0.2, -0.15) is 13.2 Å². The van der Waals surface area contributed by atoms with E-state index in [0.29, 0.717) is 32.3 Å². The zero-order chi connectivity index (χ0) is 30.3. The summed E-state index contributed by atoms with van der Waals surface area (Å²) in [6.07, 6.45) is -4.47. The number of hydrogen-bond acceptors (Lipinski definition) is 7. The van der Waals surface area contributed by atoms with Gasteiger partial charge in [-0.05, 0) is 41.3 Å². The molecular formula is C31H22Cl2F3N3O4S.